The molecule has 0 fully saturated rings. The Balaban J connectivity index is 1.62. The smallest absolute Gasteiger partial charge is 0.251 e. The Morgan fingerprint density at radius 1 is 1.05 bits per heavy atom. The Morgan fingerprint density at radius 3 is 2.55 bits per heavy atom. The molecule has 0 bridgehead atoms. The molecule has 0 saturated heterocycles. The lowest BCUT2D eigenvalue weighted by Crippen LogP contribution is -2.27. The zero-order chi connectivity index (χ0) is 15.4. The summed E-state index contributed by atoms with van der Waals surface area (Å²) in [7, 11) is 0. The number of fused-ring (bicyclic) bond motifs is 1. The molecule has 0 radical (unpaired) electrons. The van der Waals surface area contributed by atoms with Crippen molar-refractivity contribution in [1.29, 1.82) is 0 Å². The molecule has 1 aliphatic rings. The van der Waals surface area contributed by atoms with Crippen LogP contribution in [0, 0.1) is 0 Å². The fourth-order valence-corrected chi connectivity index (χ4v) is 3.12. The van der Waals surface area contributed by atoms with Gasteiger partial charge in [-0.15, -0.1) is 0 Å². The van der Waals surface area contributed by atoms with E-state index in [1.807, 2.05) is 24.3 Å². The molecule has 2 nitrogen and oxygen atoms in total. The second-order valence-corrected chi connectivity index (χ2v) is 6.21. The first-order valence-corrected chi connectivity index (χ1v) is 8.19. The molecule has 2 heteroatoms. The van der Waals surface area contributed by atoms with Crippen LogP contribution in [-0.2, 0) is 12.8 Å². The Morgan fingerprint density at radius 2 is 1.77 bits per heavy atom. The van der Waals surface area contributed by atoms with Gasteiger partial charge in [0.05, 0.1) is 0 Å². The number of carbonyl (C=O) groups excluding carboxylic acids is 1. The van der Waals surface area contributed by atoms with E-state index in [1.54, 1.807) is 0 Å². The predicted molar refractivity (Wildman–Crippen MR) is 90.3 cm³/mol. The first kappa shape index (κ1) is 14.8. The minimum atomic E-state index is 0.0381. The minimum absolute atomic E-state index is 0.0381. The standard InChI is InChI=1S/C20H23NO/c1-15(16-7-3-2-4-8-16)14-21-20(22)19-12-11-17-9-5-6-10-18(17)13-19/h2-4,7-8,11-13,15H,5-6,9-10,14H2,1H3,(H,21,22)/t15-/m1/s1. The van der Waals surface area contributed by atoms with Crippen LogP contribution in [0.15, 0.2) is 48.5 Å². The summed E-state index contributed by atoms with van der Waals surface area (Å²) >= 11 is 0. The van der Waals surface area contributed by atoms with Crippen molar-refractivity contribution < 1.29 is 4.79 Å². The number of carbonyl (C=O) groups is 1. The molecule has 1 N–H and O–H groups in total. The summed E-state index contributed by atoms with van der Waals surface area (Å²) in [5.41, 5.74) is 4.82. The molecule has 0 unspecified atom stereocenters. The van der Waals surface area contributed by atoms with Gasteiger partial charge in [-0.3, -0.25) is 4.79 Å². The van der Waals surface area contributed by atoms with Crippen LogP contribution in [-0.4, -0.2) is 12.5 Å². The van der Waals surface area contributed by atoms with Gasteiger partial charge in [-0.1, -0.05) is 43.3 Å². The lowest BCUT2D eigenvalue weighted by atomic mass is 9.90. The molecule has 2 aromatic carbocycles. The molecule has 3 rings (SSSR count). The zero-order valence-electron chi connectivity index (χ0n) is 13.1. The molecule has 0 aromatic heterocycles. The quantitative estimate of drug-likeness (QED) is 0.903. The Bertz CT molecular complexity index is 648. The molecule has 0 spiro atoms. The summed E-state index contributed by atoms with van der Waals surface area (Å²) in [6, 6.07) is 16.5. The van der Waals surface area contributed by atoms with Gasteiger partial charge < -0.3 is 5.32 Å². The number of aryl methyl sites for hydroxylation is 2. The van der Waals surface area contributed by atoms with Gasteiger partial charge >= 0.3 is 0 Å². The molecule has 22 heavy (non-hydrogen) atoms. The molecule has 2 aromatic rings. The van der Waals surface area contributed by atoms with Gasteiger partial charge in [-0.25, -0.2) is 0 Å². The zero-order valence-corrected chi connectivity index (χ0v) is 13.1. The number of hydrogen-bond acceptors (Lipinski definition) is 1. The topological polar surface area (TPSA) is 29.1 Å². The third-order valence-electron chi connectivity index (χ3n) is 4.55. The molecule has 0 aliphatic heterocycles. The van der Waals surface area contributed by atoms with E-state index in [-0.39, 0.29) is 5.91 Å². The SMILES string of the molecule is C[C@H](CNC(=O)c1ccc2c(c1)CCCC2)c1ccccc1. The maximum Gasteiger partial charge on any atom is 0.251 e. The van der Waals surface area contributed by atoms with Crippen molar-refractivity contribution in [3.8, 4) is 0 Å². The highest BCUT2D eigenvalue weighted by Gasteiger charge is 2.13. The summed E-state index contributed by atoms with van der Waals surface area (Å²) in [6.45, 7) is 2.81. The number of amides is 1. The molecule has 1 aliphatic carbocycles. The van der Waals surface area contributed by atoms with Crippen LogP contribution in [0.4, 0.5) is 0 Å². The van der Waals surface area contributed by atoms with E-state index in [4.69, 9.17) is 0 Å². The van der Waals surface area contributed by atoms with E-state index < -0.39 is 0 Å². The average Bonchev–Trinajstić information content (AvgIpc) is 2.59. The van der Waals surface area contributed by atoms with Crippen molar-refractivity contribution in [2.24, 2.45) is 0 Å². The number of hydrogen-bond donors (Lipinski definition) is 1. The van der Waals surface area contributed by atoms with E-state index in [2.05, 4.69) is 36.5 Å². The molecular weight excluding hydrogens is 270 g/mol. The van der Waals surface area contributed by atoms with Crippen LogP contribution in [0.2, 0.25) is 0 Å². The highest BCUT2D eigenvalue weighted by atomic mass is 16.1. The molecule has 0 heterocycles. The van der Waals surface area contributed by atoms with Gasteiger partial charge in [0.1, 0.15) is 0 Å². The summed E-state index contributed by atoms with van der Waals surface area (Å²) in [4.78, 5) is 12.4. The van der Waals surface area contributed by atoms with Gasteiger partial charge in [0.2, 0.25) is 0 Å². The lowest BCUT2D eigenvalue weighted by molar-refractivity contribution is 0.0951. The van der Waals surface area contributed by atoms with E-state index in [0.29, 0.717) is 12.5 Å². The molecule has 0 saturated carbocycles. The first-order chi connectivity index (χ1) is 10.7. The first-order valence-electron chi connectivity index (χ1n) is 8.19. The number of benzene rings is 2. The average molecular weight is 293 g/mol. The van der Waals surface area contributed by atoms with Gasteiger partial charge in [0.15, 0.2) is 0 Å². The van der Waals surface area contributed by atoms with Gasteiger partial charge in [0.25, 0.3) is 5.91 Å². The van der Waals surface area contributed by atoms with Crippen LogP contribution < -0.4 is 5.32 Å². The van der Waals surface area contributed by atoms with Crippen LogP contribution >= 0.6 is 0 Å². The highest BCUT2D eigenvalue weighted by Crippen LogP contribution is 2.22. The fraction of sp³-hybridized carbons (Fsp3) is 0.350. The predicted octanol–water partition coefficient (Wildman–Crippen LogP) is 4.10. The maximum absolute atomic E-state index is 12.4. The van der Waals surface area contributed by atoms with E-state index in [0.717, 1.165) is 18.4 Å². The van der Waals surface area contributed by atoms with E-state index in [9.17, 15) is 4.79 Å². The third kappa shape index (κ3) is 3.38. The van der Waals surface area contributed by atoms with Crippen LogP contribution in [0.25, 0.3) is 0 Å². The van der Waals surface area contributed by atoms with Gasteiger partial charge in [-0.2, -0.15) is 0 Å². The Labute approximate surface area is 132 Å². The van der Waals surface area contributed by atoms with Crippen molar-refractivity contribution >= 4 is 5.91 Å². The van der Waals surface area contributed by atoms with Crippen molar-refractivity contribution in [1.82, 2.24) is 5.32 Å². The van der Waals surface area contributed by atoms with E-state index >= 15 is 0 Å². The molecule has 1 amide bonds. The van der Waals surface area contributed by atoms with Crippen LogP contribution in [0.3, 0.4) is 0 Å². The second kappa shape index (κ2) is 6.78. The summed E-state index contributed by atoms with van der Waals surface area (Å²) in [6.07, 6.45) is 4.77. The van der Waals surface area contributed by atoms with Crippen molar-refractivity contribution in [2.45, 2.75) is 38.5 Å². The Hall–Kier alpha value is -2.09. The molecule has 1 atom stereocenters. The number of nitrogens with one attached hydrogen (secondary N) is 1. The van der Waals surface area contributed by atoms with Crippen LogP contribution in [0.5, 0.6) is 0 Å². The van der Waals surface area contributed by atoms with Gasteiger partial charge in [0, 0.05) is 12.1 Å². The monoisotopic (exact) mass is 293 g/mol. The van der Waals surface area contributed by atoms with Crippen molar-refractivity contribution in [2.75, 3.05) is 6.54 Å². The van der Waals surface area contributed by atoms with Crippen molar-refractivity contribution in [3.05, 3.63) is 70.8 Å². The van der Waals surface area contributed by atoms with Crippen LogP contribution in [0.1, 0.15) is 52.7 Å². The summed E-state index contributed by atoms with van der Waals surface area (Å²) < 4.78 is 0. The van der Waals surface area contributed by atoms with Crippen molar-refractivity contribution in [3.63, 3.8) is 0 Å². The van der Waals surface area contributed by atoms with Gasteiger partial charge in [-0.05, 0) is 60.4 Å². The number of rotatable bonds is 4. The minimum Gasteiger partial charge on any atom is -0.351 e. The molecular formula is C20H23NO. The maximum atomic E-state index is 12.4. The fourth-order valence-electron chi connectivity index (χ4n) is 3.12. The normalized spacial score (nSPS) is 15.0. The second-order valence-electron chi connectivity index (χ2n) is 6.21. The third-order valence-corrected chi connectivity index (χ3v) is 4.55. The highest BCUT2D eigenvalue weighted by molar-refractivity contribution is 5.94. The summed E-state index contributed by atoms with van der Waals surface area (Å²) in [5.74, 6) is 0.360. The van der Waals surface area contributed by atoms with E-state index in [1.165, 1.54) is 29.5 Å². The Kier molecular flexibility index (Phi) is 4.57. The lowest BCUT2D eigenvalue weighted by Gasteiger charge is -2.17. The summed E-state index contributed by atoms with van der Waals surface area (Å²) in [5, 5.41) is 3.07. The molecule has 114 valence electrons. The largest absolute Gasteiger partial charge is 0.351 e.